The Labute approximate surface area is 115 Å². The van der Waals surface area contributed by atoms with E-state index in [0.717, 1.165) is 24.2 Å². The van der Waals surface area contributed by atoms with E-state index in [9.17, 15) is 13.2 Å². The number of hydrogen-bond donors (Lipinski definition) is 1. The fourth-order valence-electron chi connectivity index (χ4n) is 2.02. The number of rotatable bonds is 4. The van der Waals surface area contributed by atoms with Gasteiger partial charge in [0.2, 0.25) is 0 Å². The molecule has 2 heterocycles. The van der Waals surface area contributed by atoms with Gasteiger partial charge in [-0.2, -0.15) is 4.31 Å². The average Bonchev–Trinajstić information content (AvgIpc) is 2.89. The molecule has 0 amide bonds. The fourth-order valence-corrected chi connectivity index (χ4v) is 4.83. The van der Waals surface area contributed by atoms with Gasteiger partial charge in [0.1, 0.15) is 9.09 Å². The maximum absolute atomic E-state index is 12.4. The number of carboxylic acids is 1. The summed E-state index contributed by atoms with van der Waals surface area (Å²) in [5, 5.41) is 8.84. The van der Waals surface area contributed by atoms with Crippen molar-refractivity contribution in [1.82, 2.24) is 4.31 Å². The summed E-state index contributed by atoms with van der Waals surface area (Å²) in [6.07, 6.45) is 1.49. The maximum Gasteiger partial charge on any atom is 0.345 e. The Kier molecular flexibility index (Phi) is 4.24. The molecular weight excluding hydrogens is 290 g/mol. The van der Waals surface area contributed by atoms with Gasteiger partial charge < -0.3 is 9.84 Å². The molecule has 1 saturated heterocycles. The van der Waals surface area contributed by atoms with E-state index in [1.807, 2.05) is 0 Å². The highest BCUT2D eigenvalue weighted by molar-refractivity contribution is 7.91. The van der Waals surface area contributed by atoms with Gasteiger partial charge in [0.25, 0.3) is 10.0 Å². The minimum Gasteiger partial charge on any atom is -0.477 e. The van der Waals surface area contributed by atoms with E-state index >= 15 is 0 Å². The van der Waals surface area contributed by atoms with Gasteiger partial charge in [-0.3, -0.25) is 0 Å². The highest BCUT2D eigenvalue weighted by atomic mass is 32.2. The van der Waals surface area contributed by atoms with Crippen LogP contribution in [0.25, 0.3) is 0 Å². The zero-order valence-corrected chi connectivity index (χ0v) is 12.0. The molecular formula is C11H15NO5S2. The van der Waals surface area contributed by atoms with Crippen molar-refractivity contribution in [3.05, 3.63) is 17.0 Å². The van der Waals surface area contributed by atoms with Crippen LogP contribution in [0.15, 0.2) is 16.3 Å². The zero-order chi connectivity index (χ0) is 14.0. The van der Waals surface area contributed by atoms with Crippen molar-refractivity contribution in [2.45, 2.75) is 23.2 Å². The van der Waals surface area contributed by atoms with Crippen LogP contribution in [0.5, 0.6) is 0 Å². The summed E-state index contributed by atoms with van der Waals surface area (Å²) >= 11 is 0.780. The first-order valence-electron chi connectivity index (χ1n) is 5.81. The molecule has 6 nitrogen and oxygen atoms in total. The zero-order valence-electron chi connectivity index (χ0n) is 10.4. The van der Waals surface area contributed by atoms with Crippen molar-refractivity contribution < 1.29 is 23.1 Å². The third-order valence-electron chi connectivity index (χ3n) is 3.06. The SMILES string of the molecule is COC1CCCN(S(=O)(=O)c2ccc(C(=O)O)s2)C1. The van der Waals surface area contributed by atoms with Gasteiger partial charge in [-0.15, -0.1) is 11.3 Å². The van der Waals surface area contributed by atoms with Gasteiger partial charge in [0.15, 0.2) is 0 Å². The van der Waals surface area contributed by atoms with Gasteiger partial charge >= 0.3 is 5.97 Å². The Bertz CT molecular complexity index is 565. The summed E-state index contributed by atoms with van der Waals surface area (Å²) in [5.41, 5.74) is 0. The number of hydrogen-bond acceptors (Lipinski definition) is 5. The molecule has 1 fully saturated rings. The first kappa shape index (κ1) is 14.4. The standard InChI is InChI=1S/C11H15NO5S2/c1-17-8-3-2-6-12(7-8)19(15,16)10-5-4-9(18-10)11(13)14/h4-5,8H,2-3,6-7H2,1H3,(H,13,14). The lowest BCUT2D eigenvalue weighted by molar-refractivity contribution is 0.0572. The largest absolute Gasteiger partial charge is 0.477 e. The number of thiophene rings is 1. The van der Waals surface area contributed by atoms with Crippen LogP contribution in [0.3, 0.4) is 0 Å². The maximum atomic E-state index is 12.4. The highest BCUT2D eigenvalue weighted by Gasteiger charge is 2.31. The lowest BCUT2D eigenvalue weighted by atomic mass is 10.1. The molecule has 0 spiro atoms. The van der Waals surface area contributed by atoms with Gasteiger partial charge in [-0.05, 0) is 25.0 Å². The molecule has 1 aromatic rings. The number of nitrogens with zero attached hydrogens (tertiary/aromatic N) is 1. The molecule has 0 saturated carbocycles. The summed E-state index contributed by atoms with van der Waals surface area (Å²) in [5.74, 6) is -1.11. The van der Waals surface area contributed by atoms with E-state index in [2.05, 4.69) is 0 Å². The van der Waals surface area contributed by atoms with Crippen LogP contribution < -0.4 is 0 Å². The number of ether oxygens (including phenoxy) is 1. The Balaban J connectivity index is 2.23. The topological polar surface area (TPSA) is 83.9 Å². The molecule has 1 aliphatic rings. The second-order valence-corrected chi connectivity index (χ2v) is 7.54. The number of aromatic carboxylic acids is 1. The summed E-state index contributed by atoms with van der Waals surface area (Å²) in [6.45, 7) is 0.766. The third kappa shape index (κ3) is 2.97. The molecule has 19 heavy (non-hydrogen) atoms. The second-order valence-electron chi connectivity index (χ2n) is 4.29. The van der Waals surface area contributed by atoms with Gasteiger partial charge in [0.05, 0.1) is 6.10 Å². The van der Waals surface area contributed by atoms with Crippen molar-refractivity contribution in [3.63, 3.8) is 0 Å². The number of sulfonamides is 1. The first-order chi connectivity index (χ1) is 8.95. The van der Waals surface area contributed by atoms with Crippen LogP contribution in [0, 0.1) is 0 Å². The normalized spacial score (nSPS) is 21.4. The third-order valence-corrected chi connectivity index (χ3v) is 6.47. The van der Waals surface area contributed by atoms with Gasteiger partial charge in [-0.1, -0.05) is 0 Å². The highest BCUT2D eigenvalue weighted by Crippen LogP contribution is 2.27. The summed E-state index contributed by atoms with van der Waals surface area (Å²) in [4.78, 5) is 10.8. The predicted octanol–water partition coefficient (Wildman–Crippen LogP) is 1.25. The molecule has 0 aromatic carbocycles. The van der Waals surface area contributed by atoms with E-state index in [1.165, 1.54) is 16.4 Å². The second kappa shape index (κ2) is 5.58. The molecule has 2 rings (SSSR count). The molecule has 0 radical (unpaired) electrons. The van der Waals surface area contributed by atoms with E-state index < -0.39 is 16.0 Å². The van der Waals surface area contributed by atoms with Gasteiger partial charge in [-0.25, -0.2) is 13.2 Å². The van der Waals surface area contributed by atoms with Crippen molar-refractivity contribution in [2.24, 2.45) is 0 Å². The van der Waals surface area contributed by atoms with Crippen LogP contribution in [-0.2, 0) is 14.8 Å². The molecule has 1 aliphatic heterocycles. The molecule has 0 bridgehead atoms. The molecule has 0 aliphatic carbocycles. The van der Waals surface area contributed by atoms with Crippen molar-refractivity contribution in [1.29, 1.82) is 0 Å². The predicted molar refractivity (Wildman–Crippen MR) is 70.1 cm³/mol. The van der Waals surface area contributed by atoms with Gasteiger partial charge in [0, 0.05) is 20.2 Å². The lowest BCUT2D eigenvalue weighted by Gasteiger charge is -2.30. The summed E-state index contributed by atoms with van der Waals surface area (Å²) in [7, 11) is -2.05. The summed E-state index contributed by atoms with van der Waals surface area (Å²) in [6, 6.07) is 2.66. The first-order valence-corrected chi connectivity index (χ1v) is 8.07. The molecule has 1 atom stereocenters. The molecule has 106 valence electrons. The van der Waals surface area contributed by atoms with E-state index in [1.54, 1.807) is 7.11 Å². The van der Waals surface area contributed by atoms with E-state index in [0.29, 0.717) is 13.1 Å². The van der Waals surface area contributed by atoms with Crippen LogP contribution in [-0.4, -0.2) is 50.1 Å². The number of piperidine rings is 1. The number of carbonyl (C=O) groups is 1. The van der Waals surface area contributed by atoms with Crippen molar-refractivity contribution in [3.8, 4) is 0 Å². The Morgan fingerprint density at radius 3 is 2.84 bits per heavy atom. The fraction of sp³-hybridized carbons (Fsp3) is 0.545. The van der Waals surface area contributed by atoms with Crippen molar-refractivity contribution >= 4 is 27.3 Å². The van der Waals surface area contributed by atoms with Crippen LogP contribution in [0.4, 0.5) is 0 Å². The number of carboxylic acid groups (broad SMARTS) is 1. The monoisotopic (exact) mass is 305 g/mol. The molecule has 8 heteroatoms. The van der Waals surface area contributed by atoms with E-state index in [4.69, 9.17) is 9.84 Å². The smallest absolute Gasteiger partial charge is 0.345 e. The quantitative estimate of drug-likeness (QED) is 0.905. The number of methoxy groups -OCH3 is 1. The Morgan fingerprint density at radius 1 is 1.53 bits per heavy atom. The van der Waals surface area contributed by atoms with Crippen molar-refractivity contribution in [2.75, 3.05) is 20.2 Å². The van der Waals surface area contributed by atoms with Crippen LogP contribution >= 0.6 is 11.3 Å². The minimum atomic E-state index is -3.61. The van der Waals surface area contributed by atoms with Crippen LogP contribution in [0.2, 0.25) is 0 Å². The lowest BCUT2D eigenvalue weighted by Crippen LogP contribution is -2.42. The molecule has 1 N–H and O–H groups in total. The molecule has 1 aromatic heterocycles. The van der Waals surface area contributed by atoms with Crippen LogP contribution in [0.1, 0.15) is 22.5 Å². The summed E-state index contributed by atoms with van der Waals surface area (Å²) < 4.78 is 31.4. The molecule has 1 unspecified atom stereocenters. The Hall–Kier alpha value is -0.960. The average molecular weight is 305 g/mol. The minimum absolute atomic E-state index is 0.0267. The van der Waals surface area contributed by atoms with E-state index in [-0.39, 0.29) is 15.2 Å². The Morgan fingerprint density at radius 2 is 2.26 bits per heavy atom.